The highest BCUT2D eigenvalue weighted by Crippen LogP contribution is 2.27. The lowest BCUT2D eigenvalue weighted by atomic mass is 9.98. The lowest BCUT2D eigenvalue weighted by Crippen LogP contribution is -2.52. The second-order valence-electron chi connectivity index (χ2n) is 7.92. The molecule has 0 spiro atoms. The third-order valence-corrected chi connectivity index (χ3v) is 5.98. The highest BCUT2D eigenvalue weighted by atomic mass is 16.5. The van der Waals surface area contributed by atoms with E-state index in [1.807, 2.05) is 6.07 Å². The predicted molar refractivity (Wildman–Crippen MR) is 109 cm³/mol. The van der Waals surface area contributed by atoms with Crippen LogP contribution in [-0.2, 0) is 14.3 Å². The van der Waals surface area contributed by atoms with Gasteiger partial charge in [0.05, 0.1) is 36.0 Å². The number of rotatable bonds is 1. The number of ether oxygens (including phenoxy) is 3. The average Bonchev–Trinajstić information content (AvgIpc) is 2.76. The first-order chi connectivity index (χ1) is 14.3. The Hall–Kier alpha value is -2.63. The van der Waals surface area contributed by atoms with Gasteiger partial charge in [-0.15, -0.1) is 0 Å². The number of carbonyl (C=O) groups excluding carboxylic acids is 2. The molecule has 0 radical (unpaired) electrons. The van der Waals surface area contributed by atoms with Gasteiger partial charge in [-0.05, 0) is 38.0 Å². The molecule has 30 heavy (non-hydrogen) atoms. The lowest BCUT2D eigenvalue weighted by Gasteiger charge is -2.39. The number of benzene rings is 1. The Bertz CT molecular complexity index is 837. The molecule has 0 aliphatic carbocycles. The molecule has 4 atom stereocenters. The molecule has 0 unspecified atom stereocenters. The smallest absolute Gasteiger partial charge is 0.258 e. The van der Waals surface area contributed by atoms with Gasteiger partial charge < -0.3 is 24.0 Å². The van der Waals surface area contributed by atoms with E-state index in [4.69, 9.17) is 14.2 Å². The van der Waals surface area contributed by atoms with Crippen LogP contribution in [0.5, 0.6) is 5.75 Å². The molecule has 1 fully saturated rings. The summed E-state index contributed by atoms with van der Waals surface area (Å²) in [4.78, 5) is 29.1. The van der Waals surface area contributed by atoms with E-state index < -0.39 is 6.04 Å². The van der Waals surface area contributed by atoms with Crippen molar-refractivity contribution >= 4 is 11.8 Å². The van der Waals surface area contributed by atoms with Crippen LogP contribution >= 0.6 is 0 Å². The van der Waals surface area contributed by atoms with Crippen LogP contribution in [0.1, 0.15) is 42.1 Å². The van der Waals surface area contributed by atoms with Crippen molar-refractivity contribution in [3.63, 3.8) is 0 Å². The van der Waals surface area contributed by atoms with Gasteiger partial charge >= 0.3 is 0 Å². The molecule has 1 saturated heterocycles. The number of fused-ring (bicyclic) bond motifs is 3. The number of carbonyl (C=O) groups is 2. The summed E-state index contributed by atoms with van der Waals surface area (Å²) in [7, 11) is 4.96. The molecule has 1 aromatic rings. The maximum atomic E-state index is 13.2. The molecule has 2 aliphatic heterocycles. The fraction of sp³-hybridized carbons (Fsp3) is 0.591. The lowest BCUT2D eigenvalue weighted by molar-refractivity contribution is -0.152. The Kier molecular flexibility index (Phi) is 6.95. The number of methoxy groups -OCH3 is 1. The standard InChI is InChI=1S/C22H29N3O5/c1-14-21(26)24(2)13-20-19(28-4)8-6-16(30-20)9-10-29-18-7-5-15(12-23)11-17(18)22(27)25(14)3/h5,7,11,14,16,19-20H,6,8-10,13H2,1-4H3/t14-,16-,19+,20-/m1/s1. The number of likely N-dealkylation sites (N-methyl/N-ethyl adjacent to an activating group) is 2. The van der Waals surface area contributed by atoms with Crippen molar-refractivity contribution in [3.05, 3.63) is 29.3 Å². The molecular formula is C22H29N3O5. The Labute approximate surface area is 177 Å². The molecule has 2 amide bonds. The second kappa shape index (κ2) is 9.45. The largest absolute Gasteiger partial charge is 0.493 e. The molecular weight excluding hydrogens is 386 g/mol. The minimum atomic E-state index is -0.690. The van der Waals surface area contributed by atoms with Gasteiger partial charge in [0.25, 0.3) is 5.91 Å². The summed E-state index contributed by atoms with van der Waals surface area (Å²) in [6, 6.07) is 6.12. The molecule has 3 rings (SSSR count). The van der Waals surface area contributed by atoms with Crippen LogP contribution < -0.4 is 4.74 Å². The third kappa shape index (κ3) is 4.58. The van der Waals surface area contributed by atoms with E-state index in [1.54, 1.807) is 45.2 Å². The van der Waals surface area contributed by atoms with E-state index in [9.17, 15) is 14.9 Å². The summed E-state index contributed by atoms with van der Waals surface area (Å²) in [6.07, 6.45) is 2.03. The van der Waals surface area contributed by atoms with E-state index in [0.717, 1.165) is 12.8 Å². The van der Waals surface area contributed by atoms with Crippen LogP contribution in [-0.4, -0.2) is 80.3 Å². The first-order valence-electron chi connectivity index (χ1n) is 10.2. The number of nitriles is 1. The van der Waals surface area contributed by atoms with Crippen molar-refractivity contribution < 1.29 is 23.8 Å². The molecule has 162 valence electrons. The van der Waals surface area contributed by atoms with Gasteiger partial charge in [-0.25, -0.2) is 0 Å². The third-order valence-electron chi connectivity index (χ3n) is 5.98. The zero-order valence-corrected chi connectivity index (χ0v) is 18.0. The van der Waals surface area contributed by atoms with Crippen molar-refractivity contribution in [1.29, 1.82) is 5.26 Å². The van der Waals surface area contributed by atoms with Crippen molar-refractivity contribution in [3.8, 4) is 11.8 Å². The van der Waals surface area contributed by atoms with Gasteiger partial charge in [0, 0.05) is 34.2 Å². The summed E-state index contributed by atoms with van der Waals surface area (Å²) in [6.45, 7) is 2.46. The van der Waals surface area contributed by atoms with Crippen LogP contribution in [0.25, 0.3) is 0 Å². The fourth-order valence-electron chi connectivity index (χ4n) is 3.98. The Balaban J connectivity index is 1.94. The van der Waals surface area contributed by atoms with Crippen LogP contribution in [0.15, 0.2) is 18.2 Å². The summed E-state index contributed by atoms with van der Waals surface area (Å²) < 4.78 is 17.7. The van der Waals surface area contributed by atoms with Gasteiger partial charge in [-0.1, -0.05) is 0 Å². The molecule has 8 nitrogen and oxygen atoms in total. The van der Waals surface area contributed by atoms with Gasteiger partial charge in [0.15, 0.2) is 0 Å². The SMILES string of the molecule is CO[C@H]1CC[C@@H]2CCOc3ccc(C#N)cc3C(=O)N(C)[C@H](C)C(=O)N(C)C[C@H]1O2. The first kappa shape index (κ1) is 22.1. The van der Waals surface area contributed by atoms with Crippen molar-refractivity contribution in [2.45, 2.75) is 50.5 Å². The summed E-state index contributed by atoms with van der Waals surface area (Å²) in [5.41, 5.74) is 0.637. The normalized spacial score (nSPS) is 28.2. The highest BCUT2D eigenvalue weighted by molar-refractivity contribution is 5.99. The van der Waals surface area contributed by atoms with E-state index in [1.165, 1.54) is 11.0 Å². The average molecular weight is 415 g/mol. The van der Waals surface area contributed by atoms with Gasteiger partial charge in [-0.2, -0.15) is 5.26 Å². The van der Waals surface area contributed by atoms with Crippen LogP contribution in [0.4, 0.5) is 0 Å². The van der Waals surface area contributed by atoms with Crippen molar-refractivity contribution in [2.24, 2.45) is 0 Å². The van der Waals surface area contributed by atoms with E-state index >= 15 is 0 Å². The number of nitrogens with zero attached hydrogens (tertiary/aromatic N) is 3. The summed E-state index contributed by atoms with van der Waals surface area (Å²) >= 11 is 0. The number of amides is 2. The molecule has 1 aromatic carbocycles. The molecule has 0 N–H and O–H groups in total. The Morgan fingerprint density at radius 1 is 1.20 bits per heavy atom. The van der Waals surface area contributed by atoms with Gasteiger partial charge in [-0.3, -0.25) is 9.59 Å². The van der Waals surface area contributed by atoms with Crippen LogP contribution in [0, 0.1) is 11.3 Å². The van der Waals surface area contributed by atoms with Gasteiger partial charge in [0.1, 0.15) is 17.9 Å². The molecule has 2 heterocycles. The summed E-state index contributed by atoms with van der Waals surface area (Å²) in [5, 5.41) is 9.23. The molecule has 8 heteroatoms. The predicted octanol–water partition coefficient (Wildman–Crippen LogP) is 1.82. The highest BCUT2D eigenvalue weighted by Gasteiger charge is 2.35. The number of hydrogen-bond donors (Lipinski definition) is 0. The Morgan fingerprint density at radius 2 is 1.97 bits per heavy atom. The topological polar surface area (TPSA) is 92.1 Å². The Morgan fingerprint density at radius 3 is 2.67 bits per heavy atom. The van der Waals surface area contributed by atoms with Crippen LogP contribution in [0.2, 0.25) is 0 Å². The monoisotopic (exact) mass is 415 g/mol. The van der Waals surface area contributed by atoms with E-state index in [-0.39, 0.29) is 35.7 Å². The number of hydrogen-bond acceptors (Lipinski definition) is 6. The zero-order valence-electron chi connectivity index (χ0n) is 18.0. The quantitative estimate of drug-likeness (QED) is 0.695. The minimum Gasteiger partial charge on any atom is -0.493 e. The maximum Gasteiger partial charge on any atom is 0.258 e. The van der Waals surface area contributed by atoms with E-state index in [2.05, 4.69) is 0 Å². The first-order valence-corrected chi connectivity index (χ1v) is 10.2. The van der Waals surface area contributed by atoms with E-state index in [0.29, 0.717) is 30.9 Å². The zero-order chi connectivity index (χ0) is 21.8. The van der Waals surface area contributed by atoms with Crippen LogP contribution in [0.3, 0.4) is 0 Å². The molecule has 0 saturated carbocycles. The van der Waals surface area contributed by atoms with Crippen molar-refractivity contribution in [2.75, 3.05) is 34.4 Å². The van der Waals surface area contributed by atoms with Crippen molar-refractivity contribution in [1.82, 2.24) is 9.80 Å². The van der Waals surface area contributed by atoms with Gasteiger partial charge in [0.2, 0.25) is 5.91 Å². The molecule has 2 bridgehead atoms. The molecule has 0 aromatic heterocycles. The maximum absolute atomic E-state index is 13.2. The minimum absolute atomic E-state index is 0.00882. The fourth-order valence-corrected chi connectivity index (χ4v) is 3.98. The second-order valence-corrected chi connectivity index (χ2v) is 7.92. The molecule has 2 aliphatic rings. The summed E-state index contributed by atoms with van der Waals surface area (Å²) in [5.74, 6) is -0.153.